The van der Waals surface area contributed by atoms with Crippen LogP contribution in [0.1, 0.15) is 6.42 Å². The molecule has 1 aromatic heterocycles. The Morgan fingerprint density at radius 1 is 1.25 bits per heavy atom. The quantitative estimate of drug-likeness (QED) is 0.488. The van der Waals surface area contributed by atoms with Gasteiger partial charge in [0, 0.05) is 11.1 Å². The summed E-state index contributed by atoms with van der Waals surface area (Å²) in [7, 11) is 1.98. The second-order valence-corrected chi connectivity index (χ2v) is 4.59. The summed E-state index contributed by atoms with van der Waals surface area (Å²) in [6, 6.07) is 8.14. The molecule has 0 amide bonds. The number of hydrogen-bond acceptors (Lipinski definition) is 4. The Kier molecular flexibility index (Phi) is 4.13. The Bertz CT molecular complexity index is 453. The van der Waals surface area contributed by atoms with Crippen molar-refractivity contribution in [2.45, 2.75) is 11.4 Å². The maximum atomic E-state index is 4.34. The zero-order chi connectivity index (χ0) is 11.2. The van der Waals surface area contributed by atoms with E-state index in [1.807, 2.05) is 25.2 Å². The molecule has 4 heteroatoms. The van der Waals surface area contributed by atoms with Crippen molar-refractivity contribution in [2.24, 2.45) is 0 Å². The first-order valence-corrected chi connectivity index (χ1v) is 6.37. The number of benzene rings is 1. The SMILES string of the molecule is CNCCCSc1ncnc2ccccc12. The highest BCUT2D eigenvalue weighted by molar-refractivity contribution is 7.99. The summed E-state index contributed by atoms with van der Waals surface area (Å²) in [5.41, 5.74) is 1.02. The van der Waals surface area contributed by atoms with Gasteiger partial charge in [0.05, 0.1) is 5.52 Å². The molecule has 16 heavy (non-hydrogen) atoms. The number of nitrogens with zero attached hydrogens (tertiary/aromatic N) is 2. The number of para-hydroxylation sites is 1. The molecule has 0 radical (unpaired) electrons. The number of fused-ring (bicyclic) bond motifs is 1. The summed E-state index contributed by atoms with van der Waals surface area (Å²) in [6.45, 7) is 1.05. The molecule has 0 atom stereocenters. The summed E-state index contributed by atoms with van der Waals surface area (Å²) in [5.74, 6) is 1.09. The van der Waals surface area contributed by atoms with Gasteiger partial charge < -0.3 is 5.32 Å². The van der Waals surface area contributed by atoms with Crippen molar-refractivity contribution in [3.63, 3.8) is 0 Å². The molecular weight excluding hydrogens is 218 g/mol. The van der Waals surface area contributed by atoms with Gasteiger partial charge in [-0.15, -0.1) is 11.8 Å². The molecule has 0 unspecified atom stereocenters. The fraction of sp³-hybridized carbons (Fsp3) is 0.333. The molecule has 0 saturated carbocycles. The maximum Gasteiger partial charge on any atom is 0.117 e. The van der Waals surface area contributed by atoms with Crippen LogP contribution in [-0.2, 0) is 0 Å². The van der Waals surface area contributed by atoms with Crippen molar-refractivity contribution >= 4 is 22.7 Å². The highest BCUT2D eigenvalue weighted by Crippen LogP contribution is 2.24. The van der Waals surface area contributed by atoms with Crippen molar-refractivity contribution in [1.82, 2.24) is 15.3 Å². The van der Waals surface area contributed by atoms with Crippen molar-refractivity contribution in [3.05, 3.63) is 30.6 Å². The van der Waals surface area contributed by atoms with E-state index in [0.29, 0.717) is 0 Å². The van der Waals surface area contributed by atoms with Crippen molar-refractivity contribution < 1.29 is 0 Å². The first-order chi connectivity index (χ1) is 7.92. The molecule has 0 aliphatic heterocycles. The normalized spacial score (nSPS) is 10.8. The van der Waals surface area contributed by atoms with E-state index in [4.69, 9.17) is 0 Å². The van der Waals surface area contributed by atoms with Gasteiger partial charge >= 0.3 is 0 Å². The first kappa shape index (κ1) is 11.4. The van der Waals surface area contributed by atoms with Crippen LogP contribution in [0.25, 0.3) is 10.9 Å². The standard InChI is InChI=1S/C12H15N3S/c1-13-7-4-8-16-12-10-5-2-3-6-11(10)14-9-15-12/h2-3,5-6,9,13H,4,7-8H2,1H3. The van der Waals surface area contributed by atoms with Crippen LogP contribution in [0.2, 0.25) is 0 Å². The third kappa shape index (κ3) is 2.71. The smallest absolute Gasteiger partial charge is 0.117 e. The molecule has 3 nitrogen and oxygen atoms in total. The molecule has 1 heterocycles. The molecule has 2 rings (SSSR count). The number of thioether (sulfide) groups is 1. The van der Waals surface area contributed by atoms with E-state index in [0.717, 1.165) is 34.6 Å². The van der Waals surface area contributed by atoms with Crippen LogP contribution in [-0.4, -0.2) is 29.3 Å². The largest absolute Gasteiger partial charge is 0.320 e. The van der Waals surface area contributed by atoms with Crippen molar-refractivity contribution in [1.29, 1.82) is 0 Å². The van der Waals surface area contributed by atoms with Crippen LogP contribution in [0.4, 0.5) is 0 Å². The minimum atomic E-state index is 1.02. The average molecular weight is 233 g/mol. The van der Waals surface area contributed by atoms with Crippen LogP contribution < -0.4 is 5.32 Å². The lowest BCUT2D eigenvalue weighted by Crippen LogP contribution is -2.08. The Hall–Kier alpha value is -1.13. The minimum Gasteiger partial charge on any atom is -0.320 e. The zero-order valence-corrected chi connectivity index (χ0v) is 10.1. The summed E-state index contributed by atoms with van der Waals surface area (Å²) < 4.78 is 0. The third-order valence-electron chi connectivity index (χ3n) is 2.32. The molecule has 0 aliphatic rings. The summed E-state index contributed by atoms with van der Waals surface area (Å²) in [5, 5.41) is 5.38. The third-order valence-corrected chi connectivity index (χ3v) is 3.41. The molecule has 0 bridgehead atoms. The lowest BCUT2D eigenvalue weighted by molar-refractivity contribution is 0.777. The Labute approximate surface area is 99.7 Å². The number of aromatic nitrogens is 2. The van der Waals surface area contributed by atoms with Gasteiger partial charge in [-0.25, -0.2) is 9.97 Å². The van der Waals surface area contributed by atoms with Crippen LogP contribution in [0.5, 0.6) is 0 Å². The fourth-order valence-electron chi connectivity index (χ4n) is 1.51. The van der Waals surface area contributed by atoms with E-state index < -0.39 is 0 Å². The Morgan fingerprint density at radius 2 is 2.12 bits per heavy atom. The molecule has 1 aromatic carbocycles. The first-order valence-electron chi connectivity index (χ1n) is 5.39. The predicted molar refractivity (Wildman–Crippen MR) is 68.8 cm³/mol. The van der Waals surface area contributed by atoms with Crippen molar-refractivity contribution in [3.8, 4) is 0 Å². The summed E-state index contributed by atoms with van der Waals surface area (Å²) in [6.07, 6.45) is 2.79. The summed E-state index contributed by atoms with van der Waals surface area (Å²) >= 11 is 1.80. The molecule has 0 spiro atoms. The van der Waals surface area contributed by atoms with Gasteiger partial charge in [-0.2, -0.15) is 0 Å². The maximum absolute atomic E-state index is 4.34. The van der Waals surface area contributed by atoms with E-state index >= 15 is 0 Å². The van der Waals surface area contributed by atoms with E-state index in [-0.39, 0.29) is 0 Å². The number of hydrogen-bond donors (Lipinski definition) is 1. The van der Waals surface area contributed by atoms with Crippen LogP contribution in [0.3, 0.4) is 0 Å². The number of rotatable bonds is 5. The lowest BCUT2D eigenvalue weighted by atomic mass is 10.2. The van der Waals surface area contributed by atoms with Crippen molar-refractivity contribution in [2.75, 3.05) is 19.3 Å². The second kappa shape index (κ2) is 5.82. The predicted octanol–water partition coefficient (Wildman–Crippen LogP) is 2.33. The van der Waals surface area contributed by atoms with Gasteiger partial charge in [0.1, 0.15) is 11.4 Å². The van der Waals surface area contributed by atoms with Gasteiger partial charge in [0.2, 0.25) is 0 Å². The monoisotopic (exact) mass is 233 g/mol. The van der Waals surface area contributed by atoms with Gasteiger partial charge in [0.15, 0.2) is 0 Å². The van der Waals surface area contributed by atoms with Crippen LogP contribution in [0.15, 0.2) is 35.6 Å². The Morgan fingerprint density at radius 3 is 3.00 bits per heavy atom. The summed E-state index contributed by atoms with van der Waals surface area (Å²) in [4.78, 5) is 8.59. The van der Waals surface area contributed by atoms with Crippen LogP contribution in [0, 0.1) is 0 Å². The molecule has 0 fully saturated rings. The van der Waals surface area contributed by atoms with Gasteiger partial charge in [-0.1, -0.05) is 18.2 Å². The van der Waals surface area contributed by atoms with Gasteiger partial charge in [-0.3, -0.25) is 0 Å². The highest BCUT2D eigenvalue weighted by Gasteiger charge is 2.02. The topological polar surface area (TPSA) is 37.8 Å². The molecular formula is C12H15N3S. The van der Waals surface area contributed by atoms with E-state index in [2.05, 4.69) is 21.4 Å². The Balaban J connectivity index is 2.11. The number of nitrogens with one attached hydrogen (secondary N) is 1. The fourth-order valence-corrected chi connectivity index (χ4v) is 2.44. The van der Waals surface area contributed by atoms with Gasteiger partial charge in [-0.05, 0) is 26.1 Å². The average Bonchev–Trinajstić information content (AvgIpc) is 2.35. The second-order valence-electron chi connectivity index (χ2n) is 3.50. The lowest BCUT2D eigenvalue weighted by Gasteiger charge is -2.04. The molecule has 1 N–H and O–H groups in total. The van der Waals surface area contributed by atoms with E-state index in [1.165, 1.54) is 0 Å². The highest BCUT2D eigenvalue weighted by atomic mass is 32.2. The molecule has 84 valence electrons. The van der Waals surface area contributed by atoms with Gasteiger partial charge in [0.25, 0.3) is 0 Å². The van der Waals surface area contributed by atoms with Crippen LogP contribution >= 0.6 is 11.8 Å². The zero-order valence-electron chi connectivity index (χ0n) is 9.31. The molecule has 2 aromatic rings. The molecule has 0 saturated heterocycles. The van der Waals surface area contributed by atoms with E-state index in [1.54, 1.807) is 18.1 Å². The molecule has 0 aliphatic carbocycles. The van der Waals surface area contributed by atoms with E-state index in [9.17, 15) is 0 Å². The minimum absolute atomic E-state index is 1.02.